The van der Waals surface area contributed by atoms with Crippen molar-refractivity contribution >= 4 is 61.9 Å². The molecule has 19 heteroatoms. The molecule has 0 spiro atoms. The van der Waals surface area contributed by atoms with E-state index in [0.29, 0.717) is 30.8 Å². The Bertz CT molecular complexity index is 1910. The molecule has 0 aliphatic carbocycles. The number of pyridine rings is 1. The topological polar surface area (TPSA) is 175 Å². The third kappa shape index (κ3) is 11.9. The van der Waals surface area contributed by atoms with Gasteiger partial charge in [-0.3, -0.25) is 9.59 Å². The highest BCUT2D eigenvalue weighted by molar-refractivity contribution is 7.89. The number of aliphatic carboxylic acids is 1. The normalized spacial score (nSPS) is 14.5. The number of benzene rings is 2. The van der Waals surface area contributed by atoms with Crippen LogP contribution in [0.3, 0.4) is 0 Å². The first-order valence-corrected chi connectivity index (χ1v) is 18.6. The highest BCUT2D eigenvalue weighted by Crippen LogP contribution is 2.34. The van der Waals surface area contributed by atoms with Gasteiger partial charge in [0.25, 0.3) is 0 Å². The van der Waals surface area contributed by atoms with E-state index in [9.17, 15) is 31.2 Å². The van der Waals surface area contributed by atoms with Crippen LogP contribution in [0.25, 0.3) is 10.9 Å². The molecule has 292 valence electrons. The van der Waals surface area contributed by atoms with Gasteiger partial charge in [-0.1, -0.05) is 41.4 Å². The van der Waals surface area contributed by atoms with Crippen molar-refractivity contribution in [3.05, 3.63) is 63.8 Å². The van der Waals surface area contributed by atoms with Gasteiger partial charge in [0.2, 0.25) is 21.8 Å². The minimum atomic E-state index is -5.08. The fraction of sp³-hybridized carbons (Fsp3) is 0.471. The van der Waals surface area contributed by atoms with Crippen LogP contribution in [-0.4, -0.2) is 116 Å². The van der Waals surface area contributed by atoms with Crippen LogP contribution in [0.2, 0.25) is 10.0 Å². The summed E-state index contributed by atoms with van der Waals surface area (Å²) in [5.74, 6) is -2.83. The van der Waals surface area contributed by atoms with Gasteiger partial charge in [-0.25, -0.2) is 18.2 Å². The van der Waals surface area contributed by atoms with E-state index < -0.39 is 39.7 Å². The molecule has 1 aliphatic heterocycles. The van der Waals surface area contributed by atoms with E-state index >= 15 is 0 Å². The second kappa shape index (κ2) is 18.1. The molecule has 0 radical (unpaired) electrons. The van der Waals surface area contributed by atoms with E-state index in [1.807, 2.05) is 50.2 Å². The lowest BCUT2D eigenvalue weighted by molar-refractivity contribution is -0.192. The maximum atomic E-state index is 13.6. The number of aryl methyl sites for hydroxylation is 1. The quantitative estimate of drug-likeness (QED) is 0.237. The largest absolute Gasteiger partial charge is 0.490 e. The molecule has 0 bridgehead atoms. The number of nitrogens with zero attached hydrogens (tertiary/aromatic N) is 4. The zero-order valence-corrected chi connectivity index (χ0v) is 32.2. The van der Waals surface area contributed by atoms with Crippen molar-refractivity contribution in [2.45, 2.75) is 62.9 Å². The van der Waals surface area contributed by atoms with Crippen LogP contribution in [0, 0.1) is 6.92 Å². The molecule has 0 unspecified atom stereocenters. The Morgan fingerprint density at radius 1 is 1.04 bits per heavy atom. The van der Waals surface area contributed by atoms with Crippen LogP contribution in [-0.2, 0) is 31.0 Å². The van der Waals surface area contributed by atoms with Crippen molar-refractivity contribution in [2.75, 3.05) is 46.8 Å². The number of nitrogens with two attached hydrogens (primary N) is 1. The number of halogens is 5. The van der Waals surface area contributed by atoms with Gasteiger partial charge in [0.15, 0.2) is 0 Å². The number of fused-ring (bicyclic) bond motifs is 1. The standard InChI is InChI=1S/C32H42Cl2N6O5S.C2HF3O2/c1-21-11-12-22-8-6-10-26(29(22)36-21)45-20-23-24(33)13-14-27(28(23)34)46(43,44)37-32(2,3)31(42)40-18-16-39(17-19-40)30(41)25(35)9-7-15-38(4)5;3-2(4,5)1(6)7/h6,8,10-14,25,37H,7,9,15-20,35H2,1-5H3;(H,6,7)/t25-;/m0./s1. The number of carbonyl (C=O) groups excluding carboxylic acids is 2. The van der Waals surface area contributed by atoms with Crippen molar-refractivity contribution in [3.63, 3.8) is 0 Å². The third-order valence-electron chi connectivity index (χ3n) is 8.12. The van der Waals surface area contributed by atoms with Crippen LogP contribution in [0.4, 0.5) is 13.2 Å². The van der Waals surface area contributed by atoms with Crippen molar-refractivity contribution in [1.82, 2.24) is 24.4 Å². The summed E-state index contributed by atoms with van der Waals surface area (Å²) in [4.78, 5) is 44.8. The van der Waals surface area contributed by atoms with Gasteiger partial charge < -0.3 is 30.3 Å². The van der Waals surface area contributed by atoms with E-state index in [1.54, 1.807) is 15.9 Å². The highest BCUT2D eigenvalue weighted by Gasteiger charge is 2.39. The second-order valence-corrected chi connectivity index (χ2v) is 15.5. The molecule has 1 atom stereocenters. The molecule has 4 N–H and O–H groups in total. The molecule has 4 rings (SSSR count). The molecule has 1 aromatic heterocycles. The minimum Gasteiger partial charge on any atom is -0.487 e. The van der Waals surface area contributed by atoms with E-state index in [4.69, 9.17) is 43.6 Å². The average Bonchev–Trinajstić information content (AvgIpc) is 3.06. The summed E-state index contributed by atoms with van der Waals surface area (Å²) in [5.41, 5.74) is 6.38. The number of ether oxygens (including phenoxy) is 1. The zero-order chi connectivity index (χ0) is 39.9. The third-order valence-corrected chi connectivity index (χ3v) is 10.7. The smallest absolute Gasteiger partial charge is 0.487 e. The van der Waals surface area contributed by atoms with Crippen LogP contribution in [0.15, 0.2) is 47.4 Å². The Morgan fingerprint density at radius 2 is 1.64 bits per heavy atom. The molecule has 2 amide bonds. The summed E-state index contributed by atoms with van der Waals surface area (Å²) >= 11 is 13.1. The van der Waals surface area contributed by atoms with E-state index in [1.165, 1.54) is 26.0 Å². The number of para-hydroxylation sites is 1. The number of hydrogen-bond donors (Lipinski definition) is 3. The number of hydrogen-bond acceptors (Lipinski definition) is 9. The first kappa shape index (κ1) is 43.7. The van der Waals surface area contributed by atoms with E-state index in [-0.39, 0.29) is 46.1 Å². The maximum absolute atomic E-state index is 13.6. The van der Waals surface area contributed by atoms with Crippen molar-refractivity contribution in [1.29, 1.82) is 0 Å². The number of carbonyl (C=O) groups is 3. The zero-order valence-electron chi connectivity index (χ0n) is 29.8. The Balaban J connectivity index is 0.000000980. The Labute approximate surface area is 316 Å². The fourth-order valence-electron chi connectivity index (χ4n) is 5.35. The lowest BCUT2D eigenvalue weighted by Gasteiger charge is -2.39. The first-order valence-electron chi connectivity index (χ1n) is 16.3. The number of carboxylic acid groups (broad SMARTS) is 1. The lowest BCUT2D eigenvalue weighted by atomic mass is 10.0. The number of rotatable bonds is 12. The number of piperazine rings is 1. The first-order chi connectivity index (χ1) is 24.5. The number of aromatic nitrogens is 1. The molecule has 2 heterocycles. The molecule has 53 heavy (non-hydrogen) atoms. The van der Waals surface area contributed by atoms with Gasteiger partial charge in [-0.2, -0.15) is 17.9 Å². The number of nitrogens with one attached hydrogen (secondary N) is 1. The van der Waals surface area contributed by atoms with Crippen LogP contribution in [0.1, 0.15) is 37.9 Å². The van der Waals surface area contributed by atoms with Gasteiger partial charge in [0.1, 0.15) is 28.3 Å². The Kier molecular flexibility index (Phi) is 14.9. The van der Waals surface area contributed by atoms with E-state index in [2.05, 4.69) is 9.71 Å². The van der Waals surface area contributed by atoms with Crippen molar-refractivity contribution in [2.24, 2.45) is 5.73 Å². The van der Waals surface area contributed by atoms with Gasteiger partial charge in [-0.05, 0) is 78.5 Å². The second-order valence-electron chi connectivity index (χ2n) is 13.1. The lowest BCUT2D eigenvalue weighted by Crippen LogP contribution is -2.61. The van der Waals surface area contributed by atoms with Gasteiger partial charge in [0, 0.05) is 47.8 Å². The highest BCUT2D eigenvalue weighted by atomic mass is 35.5. The minimum absolute atomic E-state index is 0.110. The SMILES string of the molecule is Cc1ccc2cccc(OCc3c(Cl)ccc(S(=O)(=O)NC(C)(C)C(=O)N4CCN(C(=O)[C@@H](N)CCCN(C)C)CC4)c3Cl)c2n1.O=C(O)C(F)(F)F. The summed E-state index contributed by atoms with van der Waals surface area (Å²) in [6.07, 6.45) is -3.70. The maximum Gasteiger partial charge on any atom is 0.490 e. The van der Waals surface area contributed by atoms with Crippen LogP contribution < -0.4 is 15.2 Å². The number of amides is 2. The van der Waals surface area contributed by atoms with Crippen LogP contribution in [0.5, 0.6) is 5.75 Å². The fourth-order valence-corrected chi connectivity index (χ4v) is 7.60. The summed E-state index contributed by atoms with van der Waals surface area (Å²) in [6.45, 7) is 6.73. The molecule has 1 saturated heterocycles. The van der Waals surface area contributed by atoms with E-state index in [0.717, 1.165) is 24.0 Å². The number of alkyl halides is 3. The van der Waals surface area contributed by atoms with Crippen molar-refractivity contribution in [3.8, 4) is 5.75 Å². The summed E-state index contributed by atoms with van der Waals surface area (Å²) in [5, 5.41) is 8.13. The van der Waals surface area contributed by atoms with Crippen molar-refractivity contribution < 1.29 is 45.8 Å². The Morgan fingerprint density at radius 3 is 2.23 bits per heavy atom. The molecule has 1 fully saturated rings. The molecule has 13 nitrogen and oxygen atoms in total. The van der Waals surface area contributed by atoms with Gasteiger partial charge >= 0.3 is 12.1 Å². The molecule has 1 aliphatic rings. The summed E-state index contributed by atoms with van der Waals surface area (Å²) in [6, 6.07) is 11.5. The molecule has 2 aromatic carbocycles. The molecular formula is C34H43Cl2F3N6O7S. The predicted octanol–water partition coefficient (Wildman–Crippen LogP) is 4.46. The number of sulfonamides is 1. The summed E-state index contributed by atoms with van der Waals surface area (Å²) in [7, 11) is -0.352. The molecule has 3 aromatic rings. The molecular weight excluding hydrogens is 764 g/mol. The summed E-state index contributed by atoms with van der Waals surface area (Å²) < 4.78 is 67.5. The monoisotopic (exact) mass is 806 g/mol. The Hall–Kier alpha value is -3.74. The average molecular weight is 808 g/mol. The van der Waals surface area contributed by atoms with Crippen LogP contribution >= 0.6 is 23.2 Å². The van der Waals surface area contributed by atoms with Gasteiger partial charge in [0.05, 0.1) is 11.1 Å². The van der Waals surface area contributed by atoms with Gasteiger partial charge in [-0.15, -0.1) is 0 Å². The number of carboxylic acids is 1. The predicted molar refractivity (Wildman–Crippen MR) is 194 cm³/mol. The molecule has 0 saturated carbocycles.